The summed E-state index contributed by atoms with van der Waals surface area (Å²) in [6, 6.07) is 5.40. The number of likely N-dealkylation sites (tertiary alicyclic amines) is 1. The molecular formula is C18H29N2O3+. The molecule has 1 saturated heterocycles. The Morgan fingerprint density at radius 1 is 1.22 bits per heavy atom. The molecule has 0 bridgehead atoms. The average molecular weight is 321 g/mol. The first-order chi connectivity index (χ1) is 11.0. The van der Waals surface area contributed by atoms with Crippen LogP contribution in [-0.4, -0.2) is 39.8 Å². The number of amides is 1. The molecule has 1 amide bonds. The second kappa shape index (κ2) is 8.20. The fraction of sp³-hybridized carbons (Fsp3) is 0.611. The molecule has 1 aliphatic heterocycles. The number of anilines is 1. The molecule has 2 atom stereocenters. The number of benzene rings is 1. The fourth-order valence-electron chi connectivity index (χ4n) is 3.54. The lowest BCUT2D eigenvalue weighted by atomic mass is 9.92. The lowest BCUT2D eigenvalue weighted by molar-refractivity contribution is -0.911. The van der Waals surface area contributed by atoms with E-state index in [4.69, 9.17) is 9.47 Å². The van der Waals surface area contributed by atoms with Gasteiger partial charge in [-0.3, -0.25) is 4.79 Å². The predicted octanol–water partition coefficient (Wildman–Crippen LogP) is 1.59. The molecule has 0 spiro atoms. The highest BCUT2D eigenvalue weighted by Gasteiger charge is 2.25. The number of methoxy groups -OCH3 is 2. The van der Waals surface area contributed by atoms with Crippen molar-refractivity contribution < 1.29 is 19.2 Å². The minimum Gasteiger partial charge on any atom is -0.497 e. The molecule has 1 aromatic rings. The summed E-state index contributed by atoms with van der Waals surface area (Å²) < 4.78 is 10.5. The molecule has 2 rings (SSSR count). The number of ether oxygens (including phenoxy) is 2. The van der Waals surface area contributed by atoms with Gasteiger partial charge in [-0.05, 0) is 18.6 Å². The van der Waals surface area contributed by atoms with Crippen molar-refractivity contribution in [3.63, 3.8) is 0 Å². The maximum absolute atomic E-state index is 12.3. The summed E-state index contributed by atoms with van der Waals surface area (Å²) in [6.45, 7) is 7.82. The number of carbonyl (C=O) groups excluding carboxylic acids is 1. The van der Waals surface area contributed by atoms with Crippen LogP contribution in [0.15, 0.2) is 18.2 Å². The zero-order valence-corrected chi connectivity index (χ0v) is 14.6. The van der Waals surface area contributed by atoms with Gasteiger partial charge in [-0.1, -0.05) is 13.8 Å². The van der Waals surface area contributed by atoms with Crippen LogP contribution in [0.4, 0.5) is 5.69 Å². The molecule has 1 fully saturated rings. The number of carbonyl (C=O) groups is 1. The van der Waals surface area contributed by atoms with E-state index in [0.717, 1.165) is 18.4 Å². The molecule has 2 unspecified atom stereocenters. The maximum Gasteiger partial charge on any atom is 0.230 e. The topological polar surface area (TPSA) is 52.0 Å². The number of rotatable bonds is 6. The van der Waals surface area contributed by atoms with E-state index in [0.29, 0.717) is 23.6 Å². The van der Waals surface area contributed by atoms with Crippen molar-refractivity contribution in [2.75, 3.05) is 39.2 Å². The van der Waals surface area contributed by atoms with Crippen LogP contribution in [0.2, 0.25) is 0 Å². The number of hydrogen-bond acceptors (Lipinski definition) is 3. The molecule has 23 heavy (non-hydrogen) atoms. The third kappa shape index (κ3) is 5.13. The number of nitrogens with one attached hydrogen (secondary N) is 2. The third-order valence-electron chi connectivity index (χ3n) is 4.47. The summed E-state index contributed by atoms with van der Waals surface area (Å²) in [4.78, 5) is 13.8. The number of hydrogen-bond donors (Lipinski definition) is 2. The van der Waals surface area contributed by atoms with Gasteiger partial charge in [0.05, 0.1) is 46.0 Å². The van der Waals surface area contributed by atoms with E-state index in [9.17, 15) is 4.79 Å². The maximum atomic E-state index is 12.3. The van der Waals surface area contributed by atoms with Gasteiger partial charge in [-0.25, -0.2) is 0 Å². The summed E-state index contributed by atoms with van der Waals surface area (Å²) >= 11 is 0. The van der Waals surface area contributed by atoms with Gasteiger partial charge >= 0.3 is 0 Å². The molecule has 5 nitrogen and oxygen atoms in total. The summed E-state index contributed by atoms with van der Waals surface area (Å²) in [7, 11) is 3.20. The Labute approximate surface area is 139 Å². The van der Waals surface area contributed by atoms with Crippen molar-refractivity contribution in [2.24, 2.45) is 11.8 Å². The molecule has 0 aliphatic carbocycles. The fourth-order valence-corrected chi connectivity index (χ4v) is 3.54. The van der Waals surface area contributed by atoms with Gasteiger partial charge in [0.25, 0.3) is 0 Å². The molecule has 0 aromatic heterocycles. The Hall–Kier alpha value is -1.75. The molecule has 2 N–H and O–H groups in total. The zero-order chi connectivity index (χ0) is 16.8. The van der Waals surface area contributed by atoms with Crippen LogP contribution in [0.5, 0.6) is 11.5 Å². The normalized spacial score (nSPS) is 24.1. The van der Waals surface area contributed by atoms with Gasteiger partial charge in [0.2, 0.25) is 5.91 Å². The second-order valence-corrected chi connectivity index (χ2v) is 6.72. The van der Waals surface area contributed by atoms with Crippen molar-refractivity contribution >= 4 is 11.6 Å². The quantitative estimate of drug-likeness (QED) is 0.837. The predicted molar refractivity (Wildman–Crippen MR) is 91.3 cm³/mol. The van der Waals surface area contributed by atoms with E-state index in [1.807, 2.05) is 6.07 Å². The lowest BCUT2D eigenvalue weighted by Gasteiger charge is -2.31. The van der Waals surface area contributed by atoms with Gasteiger partial charge in [0.1, 0.15) is 11.5 Å². The van der Waals surface area contributed by atoms with Crippen LogP contribution in [0.25, 0.3) is 0 Å². The van der Waals surface area contributed by atoms with Gasteiger partial charge in [-0.15, -0.1) is 0 Å². The SMILES string of the molecule is COc1ccc(OC)c(NC(=O)CC[NH+]2CC(C)CC(C)C2)c1. The first-order valence-corrected chi connectivity index (χ1v) is 8.37. The minimum atomic E-state index is 0.0231. The number of quaternary nitrogens is 1. The number of piperidine rings is 1. The molecule has 5 heteroatoms. The highest BCUT2D eigenvalue weighted by Crippen LogP contribution is 2.28. The second-order valence-electron chi connectivity index (χ2n) is 6.72. The van der Waals surface area contributed by atoms with Crippen LogP contribution >= 0.6 is 0 Å². The summed E-state index contributed by atoms with van der Waals surface area (Å²) in [5.41, 5.74) is 0.659. The first-order valence-electron chi connectivity index (χ1n) is 8.37. The van der Waals surface area contributed by atoms with E-state index in [1.165, 1.54) is 24.4 Å². The van der Waals surface area contributed by atoms with E-state index in [2.05, 4.69) is 19.2 Å². The van der Waals surface area contributed by atoms with Crippen molar-refractivity contribution in [3.8, 4) is 11.5 Å². The molecule has 0 radical (unpaired) electrons. The van der Waals surface area contributed by atoms with Crippen molar-refractivity contribution in [3.05, 3.63) is 18.2 Å². The highest BCUT2D eigenvalue weighted by molar-refractivity contribution is 5.92. The Kier molecular flexibility index (Phi) is 6.28. The largest absolute Gasteiger partial charge is 0.497 e. The summed E-state index contributed by atoms with van der Waals surface area (Å²) in [5.74, 6) is 2.86. The Morgan fingerprint density at radius 2 is 1.91 bits per heavy atom. The van der Waals surface area contributed by atoms with E-state index < -0.39 is 0 Å². The van der Waals surface area contributed by atoms with Crippen LogP contribution in [0.3, 0.4) is 0 Å². The van der Waals surface area contributed by atoms with Crippen molar-refractivity contribution in [1.82, 2.24) is 0 Å². The van der Waals surface area contributed by atoms with Gasteiger partial charge in [-0.2, -0.15) is 0 Å². The minimum absolute atomic E-state index is 0.0231. The molecular weight excluding hydrogens is 292 g/mol. The van der Waals surface area contributed by atoms with Crippen molar-refractivity contribution in [1.29, 1.82) is 0 Å². The smallest absolute Gasteiger partial charge is 0.230 e. The van der Waals surface area contributed by atoms with E-state index in [1.54, 1.807) is 26.4 Å². The average Bonchev–Trinajstić information content (AvgIpc) is 2.52. The van der Waals surface area contributed by atoms with Gasteiger partial charge < -0.3 is 19.7 Å². The lowest BCUT2D eigenvalue weighted by Crippen LogP contribution is -3.14. The Bertz CT molecular complexity index is 523. The van der Waals surface area contributed by atoms with Crippen LogP contribution in [0.1, 0.15) is 26.7 Å². The third-order valence-corrected chi connectivity index (χ3v) is 4.47. The Morgan fingerprint density at radius 3 is 2.52 bits per heavy atom. The molecule has 1 aliphatic rings. The van der Waals surface area contributed by atoms with Crippen LogP contribution < -0.4 is 19.7 Å². The van der Waals surface area contributed by atoms with Crippen LogP contribution in [0, 0.1) is 11.8 Å². The molecule has 1 aromatic carbocycles. The van der Waals surface area contributed by atoms with E-state index >= 15 is 0 Å². The van der Waals surface area contributed by atoms with Crippen molar-refractivity contribution in [2.45, 2.75) is 26.7 Å². The van der Waals surface area contributed by atoms with Gasteiger partial charge in [0, 0.05) is 17.9 Å². The standard InChI is InChI=1S/C18H28N2O3/c1-13-9-14(2)12-20(11-13)8-7-18(21)19-16-10-15(22-3)5-6-17(16)23-4/h5-6,10,13-14H,7-9,11-12H2,1-4H3,(H,19,21)/p+1. The zero-order valence-electron chi connectivity index (χ0n) is 14.6. The molecule has 128 valence electrons. The first kappa shape index (κ1) is 17.6. The molecule has 0 saturated carbocycles. The Balaban J connectivity index is 1.89. The molecule has 1 heterocycles. The summed E-state index contributed by atoms with van der Waals surface area (Å²) in [5, 5.41) is 2.94. The monoisotopic (exact) mass is 321 g/mol. The van der Waals surface area contributed by atoms with Crippen LogP contribution in [-0.2, 0) is 4.79 Å². The van der Waals surface area contributed by atoms with E-state index in [-0.39, 0.29) is 5.91 Å². The van der Waals surface area contributed by atoms with Gasteiger partial charge in [0.15, 0.2) is 0 Å². The summed E-state index contributed by atoms with van der Waals surface area (Å²) in [6.07, 6.45) is 1.83. The highest BCUT2D eigenvalue weighted by atomic mass is 16.5.